The number of nitrogens with one attached hydrogen (secondary N) is 1. The number of aryl methyl sites for hydroxylation is 1. The van der Waals surface area contributed by atoms with Crippen molar-refractivity contribution in [3.8, 4) is 0 Å². The molecular formula is C8H14N4O2S. The number of hydrogen-bond acceptors (Lipinski definition) is 5. The van der Waals surface area contributed by atoms with Crippen LogP contribution in [0.15, 0.2) is 12.1 Å². The molecule has 1 rings (SSSR count). The highest BCUT2D eigenvalue weighted by Crippen LogP contribution is 2.14. The van der Waals surface area contributed by atoms with Gasteiger partial charge in [-0.15, -0.1) is 0 Å². The van der Waals surface area contributed by atoms with E-state index in [1.165, 1.54) is 0 Å². The zero-order valence-electron chi connectivity index (χ0n) is 8.40. The fourth-order valence-electron chi connectivity index (χ4n) is 1.02. The van der Waals surface area contributed by atoms with Crippen LogP contribution in [0.1, 0.15) is 5.69 Å². The molecule has 0 fully saturated rings. The van der Waals surface area contributed by atoms with E-state index < -0.39 is 10.0 Å². The van der Waals surface area contributed by atoms with Crippen LogP contribution >= 0.6 is 0 Å². The summed E-state index contributed by atoms with van der Waals surface area (Å²) < 4.78 is 21.3. The maximum Gasteiger partial charge on any atom is 0.210 e. The molecule has 0 bridgehead atoms. The third-order valence-corrected chi connectivity index (χ3v) is 2.52. The second kappa shape index (κ2) is 4.45. The third-order valence-electron chi connectivity index (χ3n) is 1.74. The molecule has 0 amide bonds. The van der Waals surface area contributed by atoms with Gasteiger partial charge in [0.25, 0.3) is 0 Å². The molecule has 0 aliphatic carbocycles. The van der Waals surface area contributed by atoms with Crippen LogP contribution in [0, 0.1) is 6.92 Å². The lowest BCUT2D eigenvalue weighted by molar-refractivity contribution is 0.598. The van der Waals surface area contributed by atoms with Crippen molar-refractivity contribution in [1.82, 2.24) is 4.98 Å². The molecule has 7 heteroatoms. The van der Waals surface area contributed by atoms with Crippen molar-refractivity contribution in [1.29, 1.82) is 0 Å². The summed E-state index contributed by atoms with van der Waals surface area (Å²) in [4.78, 5) is 4.12. The molecular weight excluding hydrogens is 216 g/mol. The topological polar surface area (TPSA) is 111 Å². The van der Waals surface area contributed by atoms with Gasteiger partial charge in [-0.05, 0) is 19.1 Å². The first-order valence-electron chi connectivity index (χ1n) is 4.36. The van der Waals surface area contributed by atoms with Crippen LogP contribution in [0.4, 0.5) is 11.5 Å². The minimum absolute atomic E-state index is 0.151. The maximum atomic E-state index is 10.7. The van der Waals surface area contributed by atoms with Gasteiger partial charge in [0, 0.05) is 12.2 Å². The molecule has 5 N–H and O–H groups in total. The average Bonchev–Trinajstić information content (AvgIpc) is 2.09. The largest absolute Gasteiger partial charge is 0.396 e. The number of nitrogen functional groups attached to an aromatic ring is 1. The number of pyridine rings is 1. The van der Waals surface area contributed by atoms with Gasteiger partial charge < -0.3 is 11.1 Å². The van der Waals surface area contributed by atoms with Crippen LogP contribution in [-0.2, 0) is 10.0 Å². The van der Waals surface area contributed by atoms with Gasteiger partial charge >= 0.3 is 0 Å². The first-order chi connectivity index (χ1) is 6.88. The van der Waals surface area contributed by atoms with E-state index >= 15 is 0 Å². The lowest BCUT2D eigenvalue weighted by Gasteiger charge is -2.07. The Morgan fingerprint density at radius 2 is 2.13 bits per heavy atom. The van der Waals surface area contributed by atoms with Gasteiger partial charge in [0.2, 0.25) is 10.0 Å². The van der Waals surface area contributed by atoms with Crippen molar-refractivity contribution in [2.45, 2.75) is 6.92 Å². The number of nitrogens with two attached hydrogens (primary N) is 2. The van der Waals surface area contributed by atoms with Gasteiger partial charge in [0.1, 0.15) is 5.82 Å². The molecule has 6 nitrogen and oxygen atoms in total. The molecule has 0 atom stereocenters. The van der Waals surface area contributed by atoms with E-state index in [0.29, 0.717) is 11.5 Å². The van der Waals surface area contributed by atoms with Crippen LogP contribution in [0.25, 0.3) is 0 Å². The third kappa shape index (κ3) is 4.13. The van der Waals surface area contributed by atoms with Gasteiger partial charge in [-0.3, -0.25) is 0 Å². The van der Waals surface area contributed by atoms with E-state index in [2.05, 4.69) is 10.3 Å². The molecule has 1 aromatic rings. The summed E-state index contributed by atoms with van der Waals surface area (Å²) in [6.07, 6.45) is 0. The van der Waals surface area contributed by atoms with Crippen molar-refractivity contribution in [3.05, 3.63) is 17.8 Å². The molecule has 0 aliphatic heterocycles. The minimum atomic E-state index is -3.45. The second-order valence-electron chi connectivity index (χ2n) is 3.18. The number of hydrogen-bond donors (Lipinski definition) is 3. The summed E-state index contributed by atoms with van der Waals surface area (Å²) in [5.41, 5.74) is 6.92. The smallest absolute Gasteiger partial charge is 0.210 e. The monoisotopic (exact) mass is 230 g/mol. The number of rotatable bonds is 4. The van der Waals surface area contributed by atoms with Crippen molar-refractivity contribution in [2.24, 2.45) is 5.14 Å². The van der Waals surface area contributed by atoms with Crippen molar-refractivity contribution in [2.75, 3.05) is 23.3 Å². The van der Waals surface area contributed by atoms with Crippen LogP contribution in [0.5, 0.6) is 0 Å². The number of anilines is 2. The number of sulfonamides is 1. The van der Waals surface area contributed by atoms with E-state index in [0.717, 1.165) is 5.69 Å². The van der Waals surface area contributed by atoms with Gasteiger partial charge in [0.15, 0.2) is 0 Å². The van der Waals surface area contributed by atoms with E-state index in [1.807, 2.05) is 6.92 Å². The second-order valence-corrected chi connectivity index (χ2v) is 4.92. The summed E-state index contributed by atoms with van der Waals surface area (Å²) in [5, 5.41) is 7.66. The van der Waals surface area contributed by atoms with Crippen molar-refractivity contribution < 1.29 is 8.42 Å². The van der Waals surface area contributed by atoms with Crippen molar-refractivity contribution >= 4 is 21.5 Å². The van der Waals surface area contributed by atoms with E-state index in [-0.39, 0.29) is 12.3 Å². The standard InChI is InChI=1S/C8H14N4O2S/c1-6-2-3-7(9)8(12-6)11-4-5-15(10,13)14/h2-3H,4-5,9H2,1H3,(H,11,12)(H2,10,13,14). The Morgan fingerprint density at radius 1 is 1.47 bits per heavy atom. The molecule has 1 heterocycles. The first-order valence-corrected chi connectivity index (χ1v) is 6.07. The zero-order valence-corrected chi connectivity index (χ0v) is 9.21. The molecule has 0 aliphatic rings. The van der Waals surface area contributed by atoms with Crippen LogP contribution < -0.4 is 16.2 Å². The molecule has 15 heavy (non-hydrogen) atoms. The van der Waals surface area contributed by atoms with Gasteiger partial charge in [-0.2, -0.15) is 0 Å². The molecule has 0 radical (unpaired) electrons. The normalized spacial score (nSPS) is 11.3. The quantitative estimate of drug-likeness (QED) is 0.656. The molecule has 1 aromatic heterocycles. The summed E-state index contributed by atoms with van der Waals surface area (Å²) in [6.45, 7) is 2.02. The van der Waals surface area contributed by atoms with Crippen LogP contribution in [0.2, 0.25) is 0 Å². The summed E-state index contributed by atoms with van der Waals surface area (Å²) in [7, 11) is -3.45. The van der Waals surface area contributed by atoms with E-state index in [9.17, 15) is 8.42 Å². The Kier molecular flexibility index (Phi) is 3.48. The fraction of sp³-hybridized carbons (Fsp3) is 0.375. The molecule has 0 saturated carbocycles. The highest BCUT2D eigenvalue weighted by atomic mass is 32.2. The highest BCUT2D eigenvalue weighted by Gasteiger charge is 2.04. The van der Waals surface area contributed by atoms with Crippen LogP contribution in [-0.4, -0.2) is 25.7 Å². The predicted octanol–water partition coefficient (Wildman–Crippen LogP) is -0.327. The summed E-state index contributed by atoms with van der Waals surface area (Å²) >= 11 is 0. The average molecular weight is 230 g/mol. The van der Waals surface area contributed by atoms with E-state index in [1.54, 1.807) is 12.1 Å². The van der Waals surface area contributed by atoms with Crippen molar-refractivity contribution in [3.63, 3.8) is 0 Å². The Morgan fingerprint density at radius 3 is 2.73 bits per heavy atom. The Bertz CT molecular complexity index is 444. The van der Waals surface area contributed by atoms with Crippen LogP contribution in [0.3, 0.4) is 0 Å². The molecule has 0 saturated heterocycles. The van der Waals surface area contributed by atoms with Gasteiger partial charge in [-0.25, -0.2) is 18.5 Å². The number of nitrogens with zero attached hydrogens (tertiary/aromatic N) is 1. The highest BCUT2D eigenvalue weighted by molar-refractivity contribution is 7.89. The molecule has 84 valence electrons. The van der Waals surface area contributed by atoms with Gasteiger partial charge in [-0.1, -0.05) is 0 Å². The SMILES string of the molecule is Cc1ccc(N)c(NCCS(N)(=O)=O)n1. The molecule has 0 aromatic carbocycles. The summed E-state index contributed by atoms with van der Waals surface area (Å²) in [6, 6.07) is 3.49. The van der Waals surface area contributed by atoms with E-state index in [4.69, 9.17) is 10.9 Å². The predicted molar refractivity (Wildman–Crippen MR) is 59.9 cm³/mol. The summed E-state index contributed by atoms with van der Waals surface area (Å²) in [5.74, 6) is 0.334. The maximum absolute atomic E-state index is 10.7. The minimum Gasteiger partial charge on any atom is -0.396 e. The fourth-order valence-corrected chi connectivity index (χ4v) is 1.41. The first kappa shape index (κ1) is 11.7. The molecule has 0 unspecified atom stereocenters. The Hall–Kier alpha value is -1.34. The lowest BCUT2D eigenvalue weighted by atomic mass is 10.3. The van der Waals surface area contributed by atoms with Gasteiger partial charge in [0.05, 0.1) is 11.4 Å². The number of aromatic nitrogens is 1. The lowest BCUT2D eigenvalue weighted by Crippen LogP contribution is -2.23. The molecule has 0 spiro atoms. The Labute approximate surface area is 88.7 Å². The Balaban J connectivity index is 2.61. The number of primary sulfonamides is 1. The zero-order chi connectivity index (χ0) is 11.5.